The fourth-order valence-corrected chi connectivity index (χ4v) is 12.9. The van der Waals surface area contributed by atoms with Crippen molar-refractivity contribution in [3.63, 3.8) is 0 Å². The van der Waals surface area contributed by atoms with Gasteiger partial charge in [0, 0.05) is 95.0 Å². The van der Waals surface area contributed by atoms with Crippen LogP contribution in [0.1, 0.15) is 74.0 Å². The molecule has 0 unspecified atom stereocenters. The second-order valence-electron chi connectivity index (χ2n) is 20.3. The van der Waals surface area contributed by atoms with Crippen LogP contribution in [-0.4, -0.2) is 84.3 Å². The molecule has 6 aromatic rings. The van der Waals surface area contributed by atoms with Crippen LogP contribution in [0, 0.1) is 19.8 Å². The lowest BCUT2D eigenvalue weighted by Gasteiger charge is -2.41. The van der Waals surface area contributed by atoms with Crippen molar-refractivity contribution in [3.05, 3.63) is 143 Å². The van der Waals surface area contributed by atoms with Crippen molar-refractivity contribution in [1.29, 1.82) is 0 Å². The van der Waals surface area contributed by atoms with E-state index in [0.29, 0.717) is 35.0 Å². The number of nitrogens with one attached hydrogen (secondary N) is 3. The highest BCUT2D eigenvalue weighted by atomic mass is 35.5. The minimum atomic E-state index is -3.86. The zero-order valence-electron chi connectivity index (χ0n) is 40.7. The predicted octanol–water partition coefficient (Wildman–Crippen LogP) is 10.9. The maximum atomic E-state index is 14.1. The van der Waals surface area contributed by atoms with E-state index >= 15 is 0 Å². The summed E-state index contributed by atoms with van der Waals surface area (Å²) in [6.07, 6.45) is 4.71. The molecule has 0 spiro atoms. The minimum Gasteiger partial charge on any atom is -0.390 e. The van der Waals surface area contributed by atoms with Crippen molar-refractivity contribution < 1.29 is 23.4 Å². The zero-order chi connectivity index (χ0) is 49.4. The molecule has 2 aliphatic carbocycles. The van der Waals surface area contributed by atoms with E-state index in [2.05, 4.69) is 78.3 Å². The second kappa shape index (κ2) is 20.4. The van der Waals surface area contributed by atoms with Crippen LogP contribution in [0.25, 0.3) is 22.4 Å². The normalized spacial score (nSPS) is 21.7. The molecule has 0 radical (unpaired) electrons. The van der Waals surface area contributed by atoms with E-state index in [1.54, 1.807) is 19.1 Å². The van der Waals surface area contributed by atoms with E-state index in [-0.39, 0.29) is 22.9 Å². The Morgan fingerprint density at radius 2 is 1.44 bits per heavy atom. The van der Waals surface area contributed by atoms with Gasteiger partial charge in [-0.05, 0) is 168 Å². The summed E-state index contributed by atoms with van der Waals surface area (Å²) in [7, 11) is -1.86. The highest BCUT2D eigenvalue weighted by molar-refractivity contribution is 7.99. The first kappa shape index (κ1) is 49.5. The van der Waals surface area contributed by atoms with Gasteiger partial charge in [-0.1, -0.05) is 54.1 Å². The van der Waals surface area contributed by atoms with Gasteiger partial charge in [-0.15, -0.1) is 11.8 Å². The molecule has 3 fully saturated rings. The molecule has 5 N–H and O–H groups in total. The molecule has 368 valence electrons. The Labute approximate surface area is 422 Å². The van der Waals surface area contributed by atoms with Crippen LogP contribution in [0.3, 0.4) is 0 Å². The average Bonchev–Trinajstić information content (AvgIpc) is 3.59. The van der Waals surface area contributed by atoms with Gasteiger partial charge in [-0.3, -0.25) is 9.52 Å². The van der Waals surface area contributed by atoms with Crippen molar-refractivity contribution >= 4 is 62.0 Å². The Bertz CT molecular complexity index is 2920. The number of hydrogen-bond acceptors (Lipinski definition) is 9. The smallest absolute Gasteiger partial charge is 0.261 e. The third kappa shape index (κ3) is 11.3. The van der Waals surface area contributed by atoms with Gasteiger partial charge in [0.25, 0.3) is 15.9 Å². The number of carbonyl (C=O) groups excluding carboxylic acids is 1. The third-order valence-electron chi connectivity index (χ3n) is 14.4. The van der Waals surface area contributed by atoms with E-state index in [4.69, 9.17) is 11.6 Å². The summed E-state index contributed by atoms with van der Waals surface area (Å²) in [4.78, 5) is 20.2. The first-order chi connectivity index (χ1) is 33.4. The number of benzene rings is 5. The summed E-state index contributed by atoms with van der Waals surface area (Å²) in [6.45, 7) is 10.7. The molecule has 1 aliphatic heterocycles. The van der Waals surface area contributed by atoms with Gasteiger partial charge >= 0.3 is 0 Å². The van der Waals surface area contributed by atoms with Crippen LogP contribution in [0.2, 0.25) is 5.02 Å². The largest absolute Gasteiger partial charge is 0.390 e. The van der Waals surface area contributed by atoms with Crippen LogP contribution >= 0.6 is 23.4 Å². The Kier molecular flexibility index (Phi) is 14.4. The Balaban J connectivity index is 0.839. The number of hydrogen-bond donors (Lipinski definition) is 5. The number of anilines is 4. The molecule has 3 aliphatic rings. The van der Waals surface area contributed by atoms with Gasteiger partial charge in [0.1, 0.15) is 0 Å². The molecule has 1 saturated heterocycles. The predicted molar refractivity (Wildman–Crippen MR) is 287 cm³/mol. The number of aryl methyl sites for hydroxylation is 1. The van der Waals surface area contributed by atoms with Gasteiger partial charge in [-0.2, -0.15) is 0 Å². The van der Waals surface area contributed by atoms with Crippen LogP contribution in [-0.2, 0) is 17.1 Å². The maximum Gasteiger partial charge on any atom is 0.261 e. The standard InChI is InChI=1S/C56H65ClN6O5S2/c1-37-30-49(24-25-50(37)58-44(19-14-39-32-55(3,65)33-39)36-69-48-12-7-6-8-13-48)70(67,68)60-43-20-22-46(23-21-43)62-26-28-63(29-27-62)47-11-9-10-41(31-47)52-51(54(64)59-45-34-56(4,66)35-45)38(2)61(5)53(52)40-15-17-42(57)18-16-40/h6-13,15-18,20-25,30-31,39,44-45,58,60,65-66H,14,19,26-29,32-36H2,1-5H3,(H,59,64)/t39?,44-,45?,55?,56?/m1/s1. The van der Waals surface area contributed by atoms with Crippen LogP contribution in [0.15, 0.2) is 131 Å². The molecule has 0 bridgehead atoms. The zero-order valence-corrected chi connectivity index (χ0v) is 43.1. The number of sulfonamides is 1. The number of nitrogens with zero attached hydrogens (tertiary/aromatic N) is 3. The number of aromatic nitrogens is 1. The second-order valence-corrected chi connectivity index (χ2v) is 23.5. The summed E-state index contributed by atoms with van der Waals surface area (Å²) < 4.78 is 32.3. The van der Waals surface area contributed by atoms with Crippen molar-refractivity contribution in [2.24, 2.45) is 13.0 Å². The van der Waals surface area contributed by atoms with E-state index in [1.807, 2.05) is 100 Å². The monoisotopic (exact) mass is 1000 g/mol. The van der Waals surface area contributed by atoms with Crippen molar-refractivity contribution in [2.75, 3.05) is 51.8 Å². The van der Waals surface area contributed by atoms with Crippen molar-refractivity contribution in [3.8, 4) is 22.4 Å². The molecule has 2 saturated carbocycles. The lowest BCUT2D eigenvalue weighted by Crippen LogP contribution is -2.53. The van der Waals surface area contributed by atoms with Crippen LogP contribution in [0.4, 0.5) is 22.7 Å². The van der Waals surface area contributed by atoms with E-state index in [1.165, 1.54) is 4.90 Å². The Hall–Kier alpha value is -5.44. The Morgan fingerprint density at radius 1 is 0.786 bits per heavy atom. The Morgan fingerprint density at radius 3 is 2.09 bits per heavy atom. The quantitative estimate of drug-likeness (QED) is 0.0565. The molecule has 1 atom stereocenters. The van der Waals surface area contributed by atoms with Gasteiger partial charge < -0.3 is 35.2 Å². The summed E-state index contributed by atoms with van der Waals surface area (Å²) in [5, 5.41) is 28.2. The number of carbonyl (C=O) groups is 1. The number of thioether (sulfide) groups is 1. The molecule has 5 aromatic carbocycles. The van der Waals surface area contributed by atoms with Gasteiger partial charge in [0.2, 0.25) is 0 Å². The third-order valence-corrected chi connectivity index (χ3v) is 17.3. The molecule has 11 nitrogen and oxygen atoms in total. The van der Waals surface area contributed by atoms with Crippen molar-refractivity contribution in [2.45, 2.75) is 99.3 Å². The number of aliphatic hydroxyl groups is 2. The molecule has 1 aromatic heterocycles. The van der Waals surface area contributed by atoms with Crippen molar-refractivity contribution in [1.82, 2.24) is 9.88 Å². The first-order valence-electron chi connectivity index (χ1n) is 24.4. The fourth-order valence-electron chi connectivity index (χ4n) is 10.6. The van der Waals surface area contributed by atoms with E-state index in [9.17, 15) is 23.4 Å². The van der Waals surface area contributed by atoms with Gasteiger partial charge in [-0.25, -0.2) is 8.42 Å². The van der Waals surface area contributed by atoms with Gasteiger partial charge in [0.15, 0.2) is 0 Å². The number of halogens is 1. The number of piperazine rings is 1. The lowest BCUT2D eigenvalue weighted by molar-refractivity contribution is -0.0599. The summed E-state index contributed by atoms with van der Waals surface area (Å²) >= 11 is 8.13. The topological polar surface area (TPSA) is 139 Å². The van der Waals surface area contributed by atoms with E-state index < -0.39 is 21.2 Å². The SMILES string of the molecule is Cc1cc(S(=O)(=O)Nc2ccc(N3CCN(c4cccc(-c5c(C(=O)NC6CC(C)(O)C6)c(C)n(C)c5-c5ccc(Cl)cc5)c4)CC3)cc2)ccc1N[C@H](CCC1CC(C)(O)C1)CSc1ccccc1. The maximum absolute atomic E-state index is 14.1. The molecular weight excluding hydrogens is 936 g/mol. The van der Waals surface area contributed by atoms with Crippen LogP contribution in [0.5, 0.6) is 0 Å². The first-order valence-corrected chi connectivity index (χ1v) is 27.2. The summed E-state index contributed by atoms with van der Waals surface area (Å²) in [5.74, 6) is 1.24. The molecule has 14 heteroatoms. The molecule has 9 rings (SSSR count). The summed E-state index contributed by atoms with van der Waals surface area (Å²) in [6, 6.07) is 39.4. The number of rotatable bonds is 17. The molecule has 2 heterocycles. The van der Waals surface area contributed by atoms with Gasteiger partial charge in [0.05, 0.1) is 27.4 Å². The molecule has 70 heavy (non-hydrogen) atoms. The lowest BCUT2D eigenvalue weighted by atomic mass is 9.70. The minimum absolute atomic E-state index is 0.0872. The van der Waals surface area contributed by atoms with E-state index in [0.717, 1.165) is 108 Å². The highest BCUT2D eigenvalue weighted by Gasteiger charge is 2.40. The highest BCUT2D eigenvalue weighted by Crippen LogP contribution is 2.43. The fraction of sp³-hybridized carbons (Fsp3) is 0.375. The molecular formula is C56H65ClN6O5S2. The average molecular weight is 1000 g/mol. The van der Waals surface area contributed by atoms with Crippen LogP contribution < -0.4 is 25.2 Å². The summed E-state index contributed by atoms with van der Waals surface area (Å²) in [5.41, 5.74) is 8.20. The number of amides is 1. The molecule has 1 amide bonds.